The lowest BCUT2D eigenvalue weighted by atomic mass is 9.84. The molecule has 2 atom stereocenters. The van der Waals surface area contributed by atoms with Crippen molar-refractivity contribution in [3.05, 3.63) is 65.5 Å². The molecule has 2 aromatic rings. The molecule has 2 aromatic carbocycles. The van der Waals surface area contributed by atoms with Crippen LogP contribution in [0.5, 0.6) is 5.75 Å². The summed E-state index contributed by atoms with van der Waals surface area (Å²) in [5, 5.41) is 3.06. The van der Waals surface area contributed by atoms with Crippen LogP contribution in [0.2, 0.25) is 0 Å². The molecule has 1 N–H and O–H groups in total. The average molecular weight is 454 g/mol. The normalized spacial score (nSPS) is 23.4. The van der Waals surface area contributed by atoms with Gasteiger partial charge in [-0.15, -0.1) is 0 Å². The van der Waals surface area contributed by atoms with Crippen LogP contribution in [0.4, 0.5) is 4.39 Å². The number of carbonyl (C=O) groups excluding carboxylic acids is 2. The van der Waals surface area contributed by atoms with E-state index in [-0.39, 0.29) is 23.7 Å². The molecule has 0 radical (unpaired) electrons. The third-order valence-electron chi connectivity index (χ3n) is 6.93. The molecule has 7 heteroatoms. The number of ether oxygens (including phenoxy) is 1. The SMILES string of the molecule is COc1ccc(CC2(CCC(=O)N3CCN(C)C[C@@H]3c3ccccc3)CCC(=O)N2)c(F)c1. The highest BCUT2D eigenvalue weighted by Crippen LogP contribution is 2.33. The van der Waals surface area contributed by atoms with E-state index in [0.717, 1.165) is 18.7 Å². The summed E-state index contributed by atoms with van der Waals surface area (Å²) in [5.41, 5.74) is 1.03. The number of hydrogen-bond donors (Lipinski definition) is 1. The number of likely N-dealkylation sites (N-methyl/N-ethyl adjacent to an activating group) is 1. The molecule has 0 aromatic heterocycles. The Morgan fingerprint density at radius 2 is 2.00 bits per heavy atom. The van der Waals surface area contributed by atoms with Crippen molar-refractivity contribution in [2.45, 2.75) is 43.7 Å². The van der Waals surface area contributed by atoms with E-state index in [1.165, 1.54) is 13.2 Å². The second-order valence-electron chi connectivity index (χ2n) is 9.24. The van der Waals surface area contributed by atoms with Crippen LogP contribution in [0.1, 0.15) is 42.9 Å². The van der Waals surface area contributed by atoms with Crippen LogP contribution in [0.15, 0.2) is 48.5 Å². The lowest BCUT2D eigenvalue weighted by molar-refractivity contribution is -0.136. The highest BCUT2D eigenvalue weighted by molar-refractivity contribution is 5.80. The van der Waals surface area contributed by atoms with Gasteiger partial charge < -0.3 is 19.9 Å². The number of piperazine rings is 1. The van der Waals surface area contributed by atoms with Gasteiger partial charge in [0.15, 0.2) is 0 Å². The molecule has 2 fully saturated rings. The second-order valence-corrected chi connectivity index (χ2v) is 9.24. The first-order valence-corrected chi connectivity index (χ1v) is 11.6. The van der Waals surface area contributed by atoms with Crippen molar-refractivity contribution in [3.8, 4) is 5.75 Å². The number of hydrogen-bond acceptors (Lipinski definition) is 4. The highest BCUT2D eigenvalue weighted by atomic mass is 19.1. The molecule has 0 bridgehead atoms. The van der Waals surface area contributed by atoms with E-state index in [4.69, 9.17) is 4.74 Å². The van der Waals surface area contributed by atoms with Crippen LogP contribution in [0, 0.1) is 5.82 Å². The molecule has 33 heavy (non-hydrogen) atoms. The summed E-state index contributed by atoms with van der Waals surface area (Å²) < 4.78 is 19.7. The standard InChI is InChI=1S/C26H32FN3O3/c1-29-14-15-30(23(18-29)19-6-4-3-5-7-19)25(32)11-13-26(12-10-24(31)28-26)17-20-8-9-21(33-2)16-22(20)27/h3-9,16,23H,10-15,17-18H2,1-2H3,(H,28,31)/t23-,26?/m1/s1. The van der Waals surface area contributed by atoms with Gasteiger partial charge in [-0.05, 0) is 43.5 Å². The maximum Gasteiger partial charge on any atom is 0.223 e. The van der Waals surface area contributed by atoms with E-state index in [1.54, 1.807) is 12.1 Å². The second kappa shape index (κ2) is 9.91. The Kier molecular flexibility index (Phi) is 6.98. The summed E-state index contributed by atoms with van der Waals surface area (Å²) in [7, 11) is 3.57. The molecule has 2 saturated heterocycles. The number of nitrogens with one attached hydrogen (secondary N) is 1. The molecular weight excluding hydrogens is 421 g/mol. The summed E-state index contributed by atoms with van der Waals surface area (Å²) in [6.07, 6.45) is 2.14. The van der Waals surface area contributed by atoms with Crippen molar-refractivity contribution >= 4 is 11.8 Å². The van der Waals surface area contributed by atoms with Crippen LogP contribution in [0.25, 0.3) is 0 Å². The quantitative estimate of drug-likeness (QED) is 0.699. The van der Waals surface area contributed by atoms with Gasteiger partial charge in [0.25, 0.3) is 0 Å². The number of methoxy groups -OCH3 is 1. The maximum atomic E-state index is 14.7. The van der Waals surface area contributed by atoms with Gasteiger partial charge in [-0.25, -0.2) is 4.39 Å². The van der Waals surface area contributed by atoms with Gasteiger partial charge in [-0.3, -0.25) is 9.59 Å². The summed E-state index contributed by atoms with van der Waals surface area (Å²) >= 11 is 0. The summed E-state index contributed by atoms with van der Waals surface area (Å²) in [5.74, 6) is 0.133. The zero-order valence-electron chi connectivity index (χ0n) is 19.4. The molecule has 1 unspecified atom stereocenters. The first kappa shape index (κ1) is 23.2. The number of rotatable bonds is 7. The van der Waals surface area contributed by atoms with Gasteiger partial charge in [0.2, 0.25) is 11.8 Å². The van der Waals surface area contributed by atoms with Gasteiger partial charge in [0.05, 0.1) is 13.2 Å². The predicted octanol–water partition coefficient (Wildman–Crippen LogP) is 3.32. The predicted molar refractivity (Wildman–Crippen MR) is 124 cm³/mol. The van der Waals surface area contributed by atoms with Crippen molar-refractivity contribution in [3.63, 3.8) is 0 Å². The van der Waals surface area contributed by atoms with Crippen molar-refractivity contribution < 1.29 is 18.7 Å². The Labute approximate surface area is 194 Å². The zero-order chi connectivity index (χ0) is 23.4. The molecule has 2 aliphatic rings. The summed E-state index contributed by atoms with van der Waals surface area (Å²) in [4.78, 5) is 29.7. The molecule has 2 amide bonds. The number of amides is 2. The minimum atomic E-state index is -0.614. The maximum absolute atomic E-state index is 14.7. The minimum absolute atomic E-state index is 0.00519. The molecule has 0 saturated carbocycles. The van der Waals surface area contributed by atoms with Crippen molar-refractivity contribution in [1.82, 2.24) is 15.1 Å². The van der Waals surface area contributed by atoms with E-state index in [9.17, 15) is 14.0 Å². The Bertz CT molecular complexity index is 1000. The highest BCUT2D eigenvalue weighted by Gasteiger charge is 2.39. The third-order valence-corrected chi connectivity index (χ3v) is 6.93. The van der Waals surface area contributed by atoms with Crippen LogP contribution >= 0.6 is 0 Å². The van der Waals surface area contributed by atoms with E-state index in [1.807, 2.05) is 23.1 Å². The number of carbonyl (C=O) groups is 2. The van der Waals surface area contributed by atoms with E-state index in [0.29, 0.717) is 50.0 Å². The molecule has 6 nitrogen and oxygen atoms in total. The molecular formula is C26H32FN3O3. The molecule has 2 aliphatic heterocycles. The lowest BCUT2D eigenvalue weighted by Gasteiger charge is -2.41. The first-order chi connectivity index (χ1) is 15.9. The fourth-order valence-electron chi connectivity index (χ4n) is 5.01. The van der Waals surface area contributed by atoms with Crippen LogP contribution < -0.4 is 10.1 Å². The molecule has 4 rings (SSSR count). The van der Waals surface area contributed by atoms with Crippen molar-refractivity contribution in [1.29, 1.82) is 0 Å². The van der Waals surface area contributed by atoms with Gasteiger partial charge in [-0.1, -0.05) is 36.4 Å². The number of nitrogens with zero attached hydrogens (tertiary/aromatic N) is 2. The smallest absolute Gasteiger partial charge is 0.223 e. The number of halogens is 1. The first-order valence-electron chi connectivity index (χ1n) is 11.6. The largest absolute Gasteiger partial charge is 0.497 e. The lowest BCUT2D eigenvalue weighted by Crippen LogP contribution is -2.50. The average Bonchev–Trinajstić information content (AvgIpc) is 3.20. The Morgan fingerprint density at radius 1 is 1.21 bits per heavy atom. The summed E-state index contributed by atoms with van der Waals surface area (Å²) in [6.45, 7) is 2.28. The fraction of sp³-hybridized carbons (Fsp3) is 0.462. The van der Waals surface area contributed by atoms with Gasteiger partial charge >= 0.3 is 0 Å². The van der Waals surface area contributed by atoms with E-state index >= 15 is 0 Å². The summed E-state index contributed by atoms with van der Waals surface area (Å²) in [6, 6.07) is 14.9. The number of benzene rings is 2. The van der Waals surface area contributed by atoms with Crippen LogP contribution in [0.3, 0.4) is 0 Å². The van der Waals surface area contributed by atoms with Crippen molar-refractivity contribution in [2.75, 3.05) is 33.8 Å². The molecule has 176 valence electrons. The Morgan fingerprint density at radius 3 is 2.67 bits per heavy atom. The van der Waals surface area contributed by atoms with Gasteiger partial charge in [0, 0.05) is 44.1 Å². The van der Waals surface area contributed by atoms with Gasteiger partial charge in [-0.2, -0.15) is 0 Å². The minimum Gasteiger partial charge on any atom is -0.497 e. The van der Waals surface area contributed by atoms with Crippen LogP contribution in [-0.2, 0) is 16.0 Å². The molecule has 2 heterocycles. The fourth-order valence-corrected chi connectivity index (χ4v) is 5.01. The molecule has 0 aliphatic carbocycles. The molecule has 0 spiro atoms. The van der Waals surface area contributed by atoms with Crippen LogP contribution in [-0.4, -0.2) is 60.9 Å². The van der Waals surface area contributed by atoms with E-state index in [2.05, 4.69) is 29.4 Å². The van der Waals surface area contributed by atoms with Crippen molar-refractivity contribution in [2.24, 2.45) is 0 Å². The van der Waals surface area contributed by atoms with Gasteiger partial charge in [0.1, 0.15) is 11.6 Å². The topological polar surface area (TPSA) is 61.9 Å². The van der Waals surface area contributed by atoms with E-state index < -0.39 is 5.54 Å². The Hall–Kier alpha value is -2.93. The third kappa shape index (κ3) is 5.36. The zero-order valence-corrected chi connectivity index (χ0v) is 19.4. The monoisotopic (exact) mass is 453 g/mol. The Balaban J connectivity index is 1.48.